The number of halogens is 12. The van der Waals surface area contributed by atoms with Gasteiger partial charge < -0.3 is 30.6 Å². The number of rotatable bonds is 18. The van der Waals surface area contributed by atoms with Crippen LogP contribution >= 0.6 is 102 Å². The normalized spacial score (nSPS) is 26.5. The minimum absolute atomic E-state index is 0.260. The summed E-state index contributed by atoms with van der Waals surface area (Å²) in [6.45, 7) is 20.2. The second-order valence-corrected chi connectivity index (χ2v) is 81.9. The number of para-hydroxylation sites is 6. The molecule has 0 aromatic heterocycles. The topological polar surface area (TPSA) is 196 Å². The molecule has 6 N–H and O–H groups in total. The fourth-order valence-corrected chi connectivity index (χ4v) is 29.5. The van der Waals surface area contributed by atoms with Gasteiger partial charge in [-0.15, -0.1) is 0 Å². The minimum atomic E-state index is -1.48. The van der Waals surface area contributed by atoms with Crippen LogP contribution in [0.1, 0.15) is 281 Å². The number of nitrogens with zero attached hydrogens (tertiary/aromatic N) is 6. The van der Waals surface area contributed by atoms with E-state index in [1.807, 2.05) is 104 Å². The van der Waals surface area contributed by atoms with E-state index in [0.717, 1.165) is 102 Å². The molecule has 0 unspecified atom stereocenters. The molecular formula is C105H144Cl12N6O6Si3Zr6. The monoisotopic (exact) mass is 2630 g/mol. The molecule has 6 aromatic carbocycles. The Balaban J connectivity index is 0.000000166. The number of hydrogen-bond acceptors (Lipinski definition) is 12. The molecule has 12 bridgehead atoms. The van der Waals surface area contributed by atoms with E-state index in [1.165, 1.54) is 248 Å². The van der Waals surface area contributed by atoms with Crippen molar-refractivity contribution >= 4 is 179 Å². The van der Waals surface area contributed by atoms with Crippen LogP contribution in [0.15, 0.2) is 139 Å². The summed E-state index contributed by atoms with van der Waals surface area (Å²) in [5.74, 6) is 11.1. The van der Waals surface area contributed by atoms with Crippen LogP contribution in [0.2, 0.25) is 58.9 Å². The number of phenolic OH excluding ortho intramolecular Hbond substituents is 6. The summed E-state index contributed by atoms with van der Waals surface area (Å²) < 4.78 is 0. The molecule has 18 saturated carbocycles. The van der Waals surface area contributed by atoms with Crippen molar-refractivity contribution in [3.05, 3.63) is 159 Å². The molecule has 12 nitrogen and oxygen atoms in total. The first-order chi connectivity index (χ1) is 66.1. The maximum atomic E-state index is 11.0. The second kappa shape index (κ2) is 60.3. The van der Waals surface area contributed by atoms with Crippen molar-refractivity contribution in [3.8, 4) is 34.5 Å². The average molecular weight is 2640 g/mol. The molecule has 138 heavy (non-hydrogen) atoms. The Morgan fingerprint density at radius 1 is 0.232 bits per heavy atom. The van der Waals surface area contributed by atoms with E-state index in [1.54, 1.807) is 0 Å². The van der Waals surface area contributed by atoms with Crippen molar-refractivity contribution in [1.29, 1.82) is 0 Å². The first kappa shape index (κ1) is 121. The van der Waals surface area contributed by atoms with Crippen LogP contribution in [0.5, 0.6) is 34.5 Å². The van der Waals surface area contributed by atoms with E-state index >= 15 is 0 Å². The van der Waals surface area contributed by atoms with Gasteiger partial charge in [-0.3, -0.25) is 30.0 Å². The van der Waals surface area contributed by atoms with E-state index in [0.29, 0.717) is 70.7 Å². The van der Waals surface area contributed by atoms with Crippen LogP contribution in [0.25, 0.3) is 0 Å². The summed E-state index contributed by atoms with van der Waals surface area (Å²) in [7, 11) is 54.8. The van der Waals surface area contributed by atoms with E-state index in [2.05, 4.69) is 126 Å². The van der Waals surface area contributed by atoms with Gasteiger partial charge in [0.2, 0.25) is 0 Å². The predicted molar refractivity (Wildman–Crippen MR) is 579 cm³/mol. The van der Waals surface area contributed by atoms with Gasteiger partial charge in [-0.2, -0.15) is 0 Å². The maximum absolute atomic E-state index is 11.0. The molecule has 18 aliphatic carbocycles. The van der Waals surface area contributed by atoms with Gasteiger partial charge in [-0.1, -0.05) is 157 Å². The Kier molecular flexibility index (Phi) is 53.0. The van der Waals surface area contributed by atoms with Gasteiger partial charge in [-0.25, -0.2) is 0 Å². The van der Waals surface area contributed by atoms with Gasteiger partial charge in [0.1, 0.15) is 34.5 Å². The number of phenols is 6. The molecule has 24 rings (SSSR count). The molecule has 0 spiro atoms. The Labute approximate surface area is 941 Å². The molecule has 33 heteroatoms. The van der Waals surface area contributed by atoms with Crippen LogP contribution < -0.4 is 15.6 Å². The van der Waals surface area contributed by atoms with Gasteiger partial charge >= 0.3 is 227 Å². The molecule has 18 aliphatic rings. The third kappa shape index (κ3) is 36.7. The molecular weight excluding hydrogens is 2500 g/mol. The van der Waals surface area contributed by atoms with Crippen LogP contribution in [0.4, 0.5) is 0 Å². The van der Waals surface area contributed by atoms with Crippen molar-refractivity contribution in [2.75, 3.05) is 0 Å². The summed E-state index contributed by atoms with van der Waals surface area (Å²) in [6, 6.07) is 40.1. The van der Waals surface area contributed by atoms with Gasteiger partial charge in [-0.05, 0) is 327 Å². The number of aromatic hydroxyl groups is 6. The molecule has 0 saturated heterocycles. The van der Waals surface area contributed by atoms with Crippen LogP contribution in [-0.2, 0) is 141 Å². The van der Waals surface area contributed by atoms with Crippen molar-refractivity contribution in [2.45, 2.75) is 343 Å². The average Bonchev–Trinajstić information content (AvgIpc) is 1.13. The fourth-order valence-electron chi connectivity index (χ4n) is 25.2. The fraction of sp³-hybridized carbons (Fsp3) is 0.600. The predicted octanol–water partition coefficient (Wildman–Crippen LogP) is 31.5. The molecule has 0 radical (unpaired) electrons. The zero-order chi connectivity index (χ0) is 100.0. The van der Waals surface area contributed by atoms with Gasteiger partial charge in [0.25, 0.3) is 0 Å². The van der Waals surface area contributed by atoms with Crippen molar-refractivity contribution in [1.82, 2.24) is 0 Å². The number of hydrogen-bond donors (Lipinski definition) is 6. The third-order valence-electron chi connectivity index (χ3n) is 31.1. The SMILES string of the molecule is C[Si](C)(C)c1cccc(C=NC2CC2)c1O.C[Si](C)(C)c1cccc(C=NC2CCC2)c1O.C[Si](C)(C)c1cccc(C=NC2CCCC2)c1O.Oc1c(C=NC2CC2)cccc1C12CC3CC(CC(C3)C1)C2.Oc1c(C=NC2CCC2)cccc1C12CC3CC(CC(C3)C1)C2.Oc1c(C=NC2CCCC2)cccc1C12CC3CC(CC(C3)C1)C2.[Cl][Zr][Cl].[Cl][Zr][Cl].[Cl][Zr][Cl].[Cl][Zr][Cl].[Cl][Zr][Cl].[Cl][Zr][Cl]. The summed E-state index contributed by atoms with van der Waals surface area (Å²) in [5.41, 5.74) is 9.90. The molecule has 750 valence electrons. The zero-order valence-electron chi connectivity index (χ0n) is 81.9. The first-order valence-corrected chi connectivity index (χ1v) is 98.5. The Hall–Kier alpha value is 1.57. The van der Waals surface area contributed by atoms with Gasteiger partial charge in [0, 0.05) is 112 Å². The molecule has 18 fully saturated rings. The Bertz CT molecular complexity index is 4830. The van der Waals surface area contributed by atoms with Gasteiger partial charge in [0.05, 0.1) is 36.3 Å². The van der Waals surface area contributed by atoms with Gasteiger partial charge in [0.15, 0.2) is 0 Å². The molecule has 0 atom stereocenters. The van der Waals surface area contributed by atoms with Crippen LogP contribution in [0, 0.1) is 53.3 Å². The molecule has 0 amide bonds. The first-order valence-electron chi connectivity index (χ1n) is 50.0. The number of benzene rings is 6. The van der Waals surface area contributed by atoms with Crippen molar-refractivity contribution < 1.29 is 156 Å². The standard InChI is InChI=1S/C22H29NO.C21H27NO.C20H25NO.C15H23NOSi.C14H21NOSi.C13H19NOSi.12ClH.6Zr/c24-21-18(14-23-19-5-1-2-6-19)4-3-7-20(21)22-11-15-8-16(12-22)10-17(9-15)13-22;23-20-17(13-22-18-4-2-5-18)3-1-6-19(20)21-10-14-7-15(11-21)9-16(8-14)12-21;22-19-16(12-21-17-4-5-17)2-1-3-18(19)20-9-13-6-14(10-20)8-15(7-13)11-20;1-18(2,3)14-10-6-7-12(15(14)17)11-16-13-8-4-5-9-13;1-17(2,3)13-9-4-6-11(14(13)16)10-15-12-7-5-8-12;1-16(2,3)12-6-4-5-10(13(12)15)9-14-11-7-8-11;;;;;;;;;;;;;;;;;;/h3-4,7,14-17,19,24H,1-2,5-6,8-13H2;1,3,6,13-16,18,23H,2,4-5,7-12H2;1-3,12-15,17,22H,4-11H2;6-7,10-11,13,17H,4-5,8-9H2,1-3H3;4,6,9-10,12,16H,5,7-8H2,1-3H3;4-6,9,11,15H,7-8H2,1-3H3;12*1H;;;;;;/q;;;;;;;;;;;;;;;;;;6*+2/p-12. The third-order valence-corrected chi connectivity index (χ3v) is 37.2. The van der Waals surface area contributed by atoms with E-state index in [-0.39, 0.29) is 16.2 Å². The molecule has 6 aromatic rings. The van der Waals surface area contributed by atoms with E-state index < -0.39 is 149 Å². The van der Waals surface area contributed by atoms with Crippen LogP contribution in [-0.4, -0.2) is 128 Å². The summed E-state index contributed by atoms with van der Waals surface area (Å²) in [4.78, 5) is 27.5. The van der Waals surface area contributed by atoms with Crippen LogP contribution in [0.3, 0.4) is 0 Å². The quantitative estimate of drug-likeness (QED) is 0.0366. The summed E-state index contributed by atoms with van der Waals surface area (Å²) in [6.07, 6.45) is 58.4. The van der Waals surface area contributed by atoms with Crippen molar-refractivity contribution in [2.24, 2.45) is 83.2 Å². The van der Waals surface area contributed by atoms with E-state index in [9.17, 15) is 30.6 Å². The summed E-state index contributed by atoms with van der Waals surface area (Å²) >= 11 is -4.95. The second-order valence-electron chi connectivity index (χ2n) is 44.4. The molecule has 0 heterocycles. The van der Waals surface area contributed by atoms with Crippen molar-refractivity contribution in [3.63, 3.8) is 0 Å². The Morgan fingerprint density at radius 3 is 0.536 bits per heavy atom. The Morgan fingerprint density at radius 2 is 0.384 bits per heavy atom. The van der Waals surface area contributed by atoms with E-state index in [4.69, 9.17) is 107 Å². The number of aliphatic imine (C=N–C) groups is 6. The summed E-state index contributed by atoms with van der Waals surface area (Å²) in [5, 5.41) is 67.1. The zero-order valence-corrected chi connectivity index (χ0v) is 109. The molecule has 0 aliphatic heterocycles.